The molecule has 0 aliphatic rings. The molecule has 0 aliphatic carbocycles. The van der Waals surface area contributed by atoms with Crippen LogP contribution in [-0.2, 0) is 13.6 Å². The van der Waals surface area contributed by atoms with Gasteiger partial charge in [-0.3, -0.25) is 0 Å². The molecule has 0 saturated heterocycles. The Morgan fingerprint density at radius 3 is 2.86 bits per heavy atom. The van der Waals surface area contributed by atoms with E-state index in [0.717, 1.165) is 17.4 Å². The average Bonchev–Trinajstić information content (AvgIpc) is 2.44. The van der Waals surface area contributed by atoms with Gasteiger partial charge in [0.25, 0.3) is 0 Å². The number of hydrogen-bond acceptors (Lipinski definition) is 2. The molecule has 0 atom stereocenters. The van der Waals surface area contributed by atoms with Crippen molar-refractivity contribution < 1.29 is 5.11 Å². The van der Waals surface area contributed by atoms with E-state index in [-0.39, 0.29) is 0 Å². The average molecular weight is 190 g/mol. The molecule has 1 heterocycles. The van der Waals surface area contributed by atoms with Gasteiger partial charge in [0.05, 0.1) is 0 Å². The summed E-state index contributed by atoms with van der Waals surface area (Å²) in [5.74, 6) is 0.319. The van der Waals surface area contributed by atoms with Gasteiger partial charge in [0, 0.05) is 30.2 Å². The molecule has 0 spiro atoms. The zero-order valence-corrected chi connectivity index (χ0v) is 8.41. The smallest absolute Gasteiger partial charge is 0.116 e. The molecule has 3 nitrogen and oxygen atoms in total. The maximum absolute atomic E-state index is 9.34. The fraction of sp³-hybridized carbons (Fsp3) is 0.273. The number of aryl methyl sites for hydroxylation is 1. The molecule has 0 aliphatic heterocycles. The molecular weight excluding hydrogens is 176 g/mol. The SMILES string of the molecule is CNCc1cc2cc(O)ccc2n1C. The lowest BCUT2D eigenvalue weighted by Gasteiger charge is -2.02. The third-order valence-electron chi connectivity index (χ3n) is 2.48. The molecular formula is C11H14N2O. The predicted octanol–water partition coefficient (Wildman–Crippen LogP) is 1.60. The second-order valence-electron chi connectivity index (χ2n) is 3.47. The molecule has 0 saturated carbocycles. The van der Waals surface area contributed by atoms with Crippen molar-refractivity contribution in [3.05, 3.63) is 30.0 Å². The van der Waals surface area contributed by atoms with Crippen molar-refractivity contribution in [1.29, 1.82) is 0 Å². The van der Waals surface area contributed by atoms with Crippen molar-refractivity contribution in [2.45, 2.75) is 6.54 Å². The Morgan fingerprint density at radius 1 is 1.36 bits per heavy atom. The Bertz CT molecular complexity index is 460. The van der Waals surface area contributed by atoms with Crippen LogP contribution in [0.25, 0.3) is 10.9 Å². The molecule has 14 heavy (non-hydrogen) atoms. The number of aromatic nitrogens is 1. The van der Waals surface area contributed by atoms with Crippen LogP contribution in [0.5, 0.6) is 5.75 Å². The summed E-state index contributed by atoms with van der Waals surface area (Å²) in [4.78, 5) is 0. The van der Waals surface area contributed by atoms with Crippen molar-refractivity contribution in [3.8, 4) is 5.75 Å². The largest absolute Gasteiger partial charge is 0.508 e. The Kier molecular flexibility index (Phi) is 2.17. The summed E-state index contributed by atoms with van der Waals surface area (Å²) in [6.45, 7) is 0.839. The molecule has 2 rings (SSSR count). The van der Waals surface area contributed by atoms with E-state index in [1.807, 2.05) is 20.2 Å². The zero-order valence-electron chi connectivity index (χ0n) is 8.41. The standard InChI is InChI=1S/C11H14N2O/c1-12-7-9-5-8-6-10(14)3-4-11(8)13(9)2/h3-6,12,14H,7H2,1-2H3. The van der Waals surface area contributed by atoms with Crippen LogP contribution in [0.1, 0.15) is 5.69 Å². The maximum atomic E-state index is 9.34. The number of benzene rings is 1. The van der Waals surface area contributed by atoms with E-state index in [2.05, 4.69) is 16.0 Å². The van der Waals surface area contributed by atoms with Crippen LogP contribution in [0.3, 0.4) is 0 Å². The number of hydrogen-bond donors (Lipinski definition) is 2. The number of nitrogens with one attached hydrogen (secondary N) is 1. The van der Waals surface area contributed by atoms with Gasteiger partial charge < -0.3 is 15.0 Å². The fourth-order valence-electron chi connectivity index (χ4n) is 1.74. The number of aromatic hydroxyl groups is 1. The monoisotopic (exact) mass is 190 g/mol. The summed E-state index contributed by atoms with van der Waals surface area (Å²) in [6.07, 6.45) is 0. The first kappa shape index (κ1) is 9.09. The molecule has 3 heteroatoms. The molecule has 0 bridgehead atoms. The first-order chi connectivity index (χ1) is 6.72. The third kappa shape index (κ3) is 1.36. The van der Waals surface area contributed by atoms with Gasteiger partial charge in [-0.25, -0.2) is 0 Å². The van der Waals surface area contributed by atoms with Crippen molar-refractivity contribution in [1.82, 2.24) is 9.88 Å². The molecule has 1 aromatic carbocycles. The normalized spacial score (nSPS) is 11.0. The molecule has 0 unspecified atom stereocenters. The summed E-state index contributed by atoms with van der Waals surface area (Å²) in [5, 5.41) is 13.5. The zero-order chi connectivity index (χ0) is 10.1. The second kappa shape index (κ2) is 3.35. The lowest BCUT2D eigenvalue weighted by Crippen LogP contribution is -2.08. The van der Waals surface area contributed by atoms with E-state index in [1.54, 1.807) is 12.1 Å². The maximum Gasteiger partial charge on any atom is 0.116 e. The topological polar surface area (TPSA) is 37.2 Å². The minimum absolute atomic E-state index is 0.319. The highest BCUT2D eigenvalue weighted by Gasteiger charge is 2.04. The highest BCUT2D eigenvalue weighted by molar-refractivity contribution is 5.82. The van der Waals surface area contributed by atoms with Gasteiger partial charge in [0.2, 0.25) is 0 Å². The Labute approximate surface area is 83.0 Å². The molecule has 2 aromatic rings. The number of phenolic OH excluding ortho intramolecular Hbond substituents is 1. The second-order valence-corrected chi connectivity index (χ2v) is 3.47. The lowest BCUT2D eigenvalue weighted by atomic mass is 10.2. The van der Waals surface area contributed by atoms with Gasteiger partial charge in [-0.2, -0.15) is 0 Å². The van der Waals surface area contributed by atoms with E-state index >= 15 is 0 Å². The van der Waals surface area contributed by atoms with Crippen LogP contribution < -0.4 is 5.32 Å². The van der Waals surface area contributed by atoms with Gasteiger partial charge in [-0.15, -0.1) is 0 Å². The van der Waals surface area contributed by atoms with Gasteiger partial charge in [0.1, 0.15) is 5.75 Å². The van der Waals surface area contributed by atoms with E-state index in [4.69, 9.17) is 0 Å². The molecule has 1 aromatic heterocycles. The summed E-state index contributed by atoms with van der Waals surface area (Å²) in [6, 6.07) is 7.52. The predicted molar refractivity (Wildman–Crippen MR) is 57.3 cm³/mol. The lowest BCUT2D eigenvalue weighted by molar-refractivity contribution is 0.476. The van der Waals surface area contributed by atoms with Gasteiger partial charge in [-0.05, 0) is 31.3 Å². The molecule has 0 amide bonds. The highest BCUT2D eigenvalue weighted by atomic mass is 16.3. The number of fused-ring (bicyclic) bond motifs is 1. The number of rotatable bonds is 2. The van der Waals surface area contributed by atoms with Crippen LogP contribution in [0.4, 0.5) is 0 Å². The van der Waals surface area contributed by atoms with E-state index in [1.165, 1.54) is 5.69 Å². The van der Waals surface area contributed by atoms with Gasteiger partial charge in [-0.1, -0.05) is 0 Å². The first-order valence-electron chi connectivity index (χ1n) is 4.64. The molecule has 0 radical (unpaired) electrons. The quantitative estimate of drug-likeness (QED) is 0.754. The minimum atomic E-state index is 0.319. The summed E-state index contributed by atoms with van der Waals surface area (Å²) in [7, 11) is 3.96. The molecule has 0 fully saturated rings. The first-order valence-corrected chi connectivity index (χ1v) is 4.64. The fourth-order valence-corrected chi connectivity index (χ4v) is 1.74. The Morgan fingerprint density at radius 2 is 2.14 bits per heavy atom. The van der Waals surface area contributed by atoms with E-state index in [9.17, 15) is 5.11 Å². The third-order valence-corrected chi connectivity index (χ3v) is 2.48. The number of phenols is 1. The van der Waals surface area contributed by atoms with Crippen LogP contribution >= 0.6 is 0 Å². The van der Waals surface area contributed by atoms with Crippen molar-refractivity contribution in [3.63, 3.8) is 0 Å². The number of nitrogens with zero attached hydrogens (tertiary/aromatic N) is 1. The summed E-state index contributed by atoms with van der Waals surface area (Å²) >= 11 is 0. The van der Waals surface area contributed by atoms with E-state index < -0.39 is 0 Å². The van der Waals surface area contributed by atoms with Crippen molar-refractivity contribution in [2.75, 3.05) is 7.05 Å². The van der Waals surface area contributed by atoms with Crippen LogP contribution in [0.15, 0.2) is 24.3 Å². The molecule has 2 N–H and O–H groups in total. The van der Waals surface area contributed by atoms with Crippen molar-refractivity contribution >= 4 is 10.9 Å². The van der Waals surface area contributed by atoms with Gasteiger partial charge in [0.15, 0.2) is 0 Å². The van der Waals surface area contributed by atoms with E-state index in [0.29, 0.717) is 5.75 Å². The highest BCUT2D eigenvalue weighted by Crippen LogP contribution is 2.22. The van der Waals surface area contributed by atoms with Crippen molar-refractivity contribution in [2.24, 2.45) is 7.05 Å². The van der Waals surface area contributed by atoms with Crippen LogP contribution in [0, 0.1) is 0 Å². The molecule has 74 valence electrons. The van der Waals surface area contributed by atoms with Gasteiger partial charge >= 0.3 is 0 Å². The Hall–Kier alpha value is -1.48. The van der Waals surface area contributed by atoms with Crippen LogP contribution in [0.2, 0.25) is 0 Å². The summed E-state index contributed by atoms with van der Waals surface area (Å²) < 4.78 is 2.13. The summed E-state index contributed by atoms with van der Waals surface area (Å²) in [5.41, 5.74) is 2.36. The Balaban J connectivity index is 2.61. The minimum Gasteiger partial charge on any atom is -0.508 e. The van der Waals surface area contributed by atoms with Crippen LogP contribution in [-0.4, -0.2) is 16.7 Å².